The summed E-state index contributed by atoms with van der Waals surface area (Å²) in [6.07, 6.45) is 7.26. The Hall–Kier alpha value is -3.39. The van der Waals surface area contributed by atoms with Gasteiger partial charge in [0.1, 0.15) is 11.5 Å². The van der Waals surface area contributed by atoms with E-state index in [4.69, 9.17) is 8.83 Å². The first-order valence-electron chi connectivity index (χ1n) is 14.4. The van der Waals surface area contributed by atoms with Crippen LogP contribution in [0.5, 0.6) is 0 Å². The van der Waals surface area contributed by atoms with E-state index in [1.54, 1.807) is 47.6 Å². The summed E-state index contributed by atoms with van der Waals surface area (Å²) in [7, 11) is 0. The van der Waals surface area contributed by atoms with E-state index in [9.17, 15) is 14.7 Å². The second-order valence-corrected chi connectivity index (χ2v) is 13.7. The molecular formula is C34H38N2O5S5. The van der Waals surface area contributed by atoms with Gasteiger partial charge in [-0.05, 0) is 82.6 Å². The molecule has 6 heterocycles. The van der Waals surface area contributed by atoms with Crippen LogP contribution in [0.4, 0.5) is 0 Å². The maximum absolute atomic E-state index is 12.1. The van der Waals surface area contributed by atoms with Crippen LogP contribution < -0.4 is 10.6 Å². The molecule has 0 aromatic carbocycles. The number of carbonyl (C=O) groups excluding carboxylic acids is 2. The summed E-state index contributed by atoms with van der Waals surface area (Å²) in [4.78, 5) is 26.6. The zero-order valence-electron chi connectivity index (χ0n) is 26.0. The van der Waals surface area contributed by atoms with E-state index in [0.717, 1.165) is 10.6 Å². The molecule has 0 saturated carbocycles. The molecule has 0 spiro atoms. The standard InChI is InChI=1S/C15H13NO3S2.C15H13NO2S2.C2H6S.C2H6/c17-14(11-4-2-8-20-11)16-10-15(18,12-5-1-7-19-12)13-6-3-9-21-13;17-15(11-5-8-19-10-11)16-9-12(13-3-1-6-18-13)14-4-2-7-20-14;1-3-2;1-2/h1-9,18H,10H2,(H,16,17);1-8,10,12H,9H2,(H,16,17);1-2H3;1-2H3. The first kappa shape index (κ1) is 37.1. The normalized spacial score (nSPS) is 12.1. The van der Waals surface area contributed by atoms with Gasteiger partial charge >= 0.3 is 0 Å². The van der Waals surface area contributed by atoms with Gasteiger partial charge < -0.3 is 24.6 Å². The number of thioether (sulfide) groups is 1. The van der Waals surface area contributed by atoms with Crippen LogP contribution >= 0.6 is 57.1 Å². The Morgan fingerprint density at radius 3 is 2.09 bits per heavy atom. The maximum Gasteiger partial charge on any atom is 0.261 e. The van der Waals surface area contributed by atoms with Crippen molar-refractivity contribution in [1.29, 1.82) is 0 Å². The van der Waals surface area contributed by atoms with Gasteiger partial charge in [-0.2, -0.15) is 23.1 Å². The Labute approximate surface area is 290 Å². The molecule has 0 aliphatic heterocycles. The van der Waals surface area contributed by atoms with Crippen molar-refractivity contribution in [1.82, 2.24) is 10.6 Å². The smallest absolute Gasteiger partial charge is 0.261 e. The Bertz CT molecular complexity index is 1530. The number of nitrogens with one attached hydrogen (secondary N) is 2. The second-order valence-electron chi connectivity index (χ2n) is 9.19. The topological polar surface area (TPSA) is 105 Å². The first-order chi connectivity index (χ1) is 22.5. The molecule has 0 aliphatic rings. The van der Waals surface area contributed by atoms with Gasteiger partial charge in [0.15, 0.2) is 5.60 Å². The van der Waals surface area contributed by atoms with Crippen LogP contribution in [0.25, 0.3) is 0 Å². The van der Waals surface area contributed by atoms with Crippen LogP contribution in [0.3, 0.4) is 0 Å². The average Bonchev–Trinajstić information content (AvgIpc) is 3.93. The molecule has 3 N–H and O–H groups in total. The Morgan fingerprint density at radius 2 is 1.52 bits per heavy atom. The Morgan fingerprint density at radius 1 is 0.826 bits per heavy atom. The molecule has 7 nitrogen and oxygen atoms in total. The molecule has 0 aliphatic carbocycles. The van der Waals surface area contributed by atoms with Gasteiger partial charge in [0.2, 0.25) is 0 Å². The lowest BCUT2D eigenvalue weighted by Crippen LogP contribution is -2.40. The largest absolute Gasteiger partial charge is 0.469 e. The molecule has 6 aromatic heterocycles. The third-order valence-corrected chi connectivity index (χ3v) is 9.69. The quantitative estimate of drug-likeness (QED) is 0.131. The van der Waals surface area contributed by atoms with Gasteiger partial charge in [0, 0.05) is 27.2 Å². The van der Waals surface area contributed by atoms with E-state index >= 15 is 0 Å². The third-order valence-electron chi connectivity index (χ3n) is 6.13. The number of thiophene rings is 4. The second kappa shape index (κ2) is 20.0. The highest BCUT2D eigenvalue weighted by atomic mass is 32.2. The summed E-state index contributed by atoms with van der Waals surface area (Å²) >= 11 is 7.72. The molecule has 2 amide bonds. The number of furan rings is 2. The zero-order chi connectivity index (χ0) is 33.2. The number of rotatable bonds is 10. The SMILES string of the molecule is CC.CSC.O=C(NCC(O)(c1ccco1)c1cccs1)c1cccs1.O=C(NCC(c1ccco1)c1cccs1)c1ccsc1. The summed E-state index contributed by atoms with van der Waals surface area (Å²) in [5.41, 5.74) is -0.649. The van der Waals surface area contributed by atoms with Gasteiger partial charge in [0.05, 0.1) is 29.9 Å². The van der Waals surface area contributed by atoms with Crippen molar-refractivity contribution >= 4 is 68.9 Å². The van der Waals surface area contributed by atoms with E-state index in [1.807, 2.05) is 95.7 Å². The van der Waals surface area contributed by atoms with Crippen molar-refractivity contribution < 1.29 is 23.5 Å². The minimum absolute atomic E-state index is 0.0423. The van der Waals surface area contributed by atoms with Crippen molar-refractivity contribution in [3.63, 3.8) is 0 Å². The number of hydrogen-bond donors (Lipinski definition) is 3. The van der Waals surface area contributed by atoms with E-state index in [1.165, 1.54) is 45.2 Å². The first-order valence-corrected chi connectivity index (χ1v) is 19.6. The van der Waals surface area contributed by atoms with Gasteiger partial charge in [-0.15, -0.1) is 34.0 Å². The number of carbonyl (C=O) groups is 2. The predicted molar refractivity (Wildman–Crippen MR) is 195 cm³/mol. The minimum atomic E-state index is -1.36. The van der Waals surface area contributed by atoms with Crippen LogP contribution in [0.15, 0.2) is 115 Å². The molecule has 0 fully saturated rings. The van der Waals surface area contributed by atoms with Crippen molar-refractivity contribution in [2.24, 2.45) is 0 Å². The summed E-state index contributed by atoms with van der Waals surface area (Å²) in [6, 6.07) is 20.4. The maximum atomic E-state index is 12.1. The summed E-state index contributed by atoms with van der Waals surface area (Å²) in [5, 5.41) is 26.2. The molecule has 2 unspecified atom stereocenters. The van der Waals surface area contributed by atoms with Crippen LogP contribution in [0.1, 0.15) is 61.1 Å². The highest BCUT2D eigenvalue weighted by Crippen LogP contribution is 2.33. The highest BCUT2D eigenvalue weighted by molar-refractivity contribution is 7.97. The fourth-order valence-corrected chi connectivity index (χ4v) is 6.98. The third kappa shape index (κ3) is 10.6. The number of amides is 2. The van der Waals surface area contributed by atoms with E-state index < -0.39 is 5.60 Å². The lowest BCUT2D eigenvalue weighted by molar-refractivity contribution is 0.0555. The zero-order valence-corrected chi connectivity index (χ0v) is 30.1. The molecule has 2 atom stereocenters. The summed E-state index contributed by atoms with van der Waals surface area (Å²) < 4.78 is 10.9. The van der Waals surface area contributed by atoms with E-state index in [0.29, 0.717) is 22.7 Å². The van der Waals surface area contributed by atoms with Crippen LogP contribution in [-0.4, -0.2) is 42.5 Å². The van der Waals surface area contributed by atoms with Crippen molar-refractivity contribution in [2.45, 2.75) is 25.4 Å². The number of aliphatic hydroxyl groups is 1. The molecule has 46 heavy (non-hydrogen) atoms. The fourth-order valence-electron chi connectivity index (χ4n) is 4.04. The molecular weight excluding hydrogens is 677 g/mol. The van der Waals surface area contributed by atoms with Crippen molar-refractivity contribution in [3.05, 3.63) is 138 Å². The monoisotopic (exact) mass is 714 g/mol. The molecule has 0 saturated heterocycles. The minimum Gasteiger partial charge on any atom is -0.469 e. The lowest BCUT2D eigenvalue weighted by atomic mass is 9.98. The van der Waals surface area contributed by atoms with Gasteiger partial charge in [-0.3, -0.25) is 9.59 Å². The van der Waals surface area contributed by atoms with Crippen LogP contribution in [0, 0.1) is 0 Å². The summed E-state index contributed by atoms with van der Waals surface area (Å²) in [6.45, 7) is 4.58. The van der Waals surface area contributed by atoms with E-state index in [2.05, 4.69) is 16.7 Å². The average molecular weight is 715 g/mol. The molecule has 12 heteroatoms. The predicted octanol–water partition coefficient (Wildman–Crippen LogP) is 9.04. The Balaban J connectivity index is 0.000000220. The molecule has 0 radical (unpaired) electrons. The Kier molecular flexibility index (Phi) is 16.1. The van der Waals surface area contributed by atoms with Gasteiger partial charge in [-0.1, -0.05) is 32.0 Å². The molecule has 244 valence electrons. The van der Waals surface area contributed by atoms with Crippen molar-refractivity contribution in [2.75, 3.05) is 25.6 Å². The van der Waals surface area contributed by atoms with Crippen LogP contribution in [-0.2, 0) is 5.60 Å². The van der Waals surface area contributed by atoms with Gasteiger partial charge in [0.25, 0.3) is 11.8 Å². The van der Waals surface area contributed by atoms with Crippen molar-refractivity contribution in [3.8, 4) is 0 Å². The molecule has 6 aromatic rings. The summed E-state index contributed by atoms with van der Waals surface area (Å²) in [5.74, 6) is 1.10. The lowest BCUT2D eigenvalue weighted by Gasteiger charge is -2.25. The highest BCUT2D eigenvalue weighted by Gasteiger charge is 2.36. The molecule has 0 bridgehead atoms. The van der Waals surface area contributed by atoms with Gasteiger partial charge in [-0.25, -0.2) is 0 Å². The van der Waals surface area contributed by atoms with Crippen LogP contribution in [0.2, 0.25) is 0 Å². The molecule has 6 rings (SSSR count). The van der Waals surface area contributed by atoms with E-state index in [-0.39, 0.29) is 24.3 Å². The number of hydrogen-bond acceptors (Lipinski definition) is 10. The fraction of sp³-hybridized carbons (Fsp3) is 0.235.